The van der Waals surface area contributed by atoms with Gasteiger partial charge in [0.05, 0.1) is 12.2 Å². The Morgan fingerprint density at radius 3 is 2.50 bits per heavy atom. The van der Waals surface area contributed by atoms with Gasteiger partial charge in [-0.3, -0.25) is 4.68 Å². The SMILES string of the molecule is CCNC(CC)Cn1nc(CC)cc1CC. The topological polar surface area (TPSA) is 29.9 Å². The molecule has 1 rings (SSSR count). The number of hydrogen-bond acceptors (Lipinski definition) is 2. The third kappa shape index (κ3) is 3.34. The van der Waals surface area contributed by atoms with Gasteiger partial charge in [-0.25, -0.2) is 0 Å². The third-order valence-electron chi connectivity index (χ3n) is 3.02. The van der Waals surface area contributed by atoms with Gasteiger partial charge in [-0.2, -0.15) is 5.10 Å². The number of aryl methyl sites for hydroxylation is 2. The van der Waals surface area contributed by atoms with Crippen molar-refractivity contribution in [1.82, 2.24) is 15.1 Å². The van der Waals surface area contributed by atoms with E-state index in [-0.39, 0.29) is 0 Å². The molecule has 0 amide bonds. The summed E-state index contributed by atoms with van der Waals surface area (Å²) >= 11 is 0. The van der Waals surface area contributed by atoms with Crippen molar-refractivity contribution in [2.24, 2.45) is 0 Å². The first-order valence-corrected chi connectivity index (χ1v) is 6.54. The van der Waals surface area contributed by atoms with Gasteiger partial charge < -0.3 is 5.32 Å². The van der Waals surface area contributed by atoms with Crippen LogP contribution in [0.5, 0.6) is 0 Å². The van der Waals surface area contributed by atoms with Gasteiger partial charge in [-0.1, -0.05) is 27.7 Å². The first-order valence-electron chi connectivity index (χ1n) is 6.54. The van der Waals surface area contributed by atoms with E-state index in [1.807, 2.05) is 0 Å². The molecule has 1 atom stereocenters. The van der Waals surface area contributed by atoms with E-state index in [4.69, 9.17) is 0 Å². The molecule has 0 aromatic carbocycles. The molecule has 0 aliphatic rings. The summed E-state index contributed by atoms with van der Waals surface area (Å²) in [6, 6.07) is 2.78. The van der Waals surface area contributed by atoms with Crippen LogP contribution in [0, 0.1) is 0 Å². The first-order chi connectivity index (χ1) is 7.74. The molecule has 92 valence electrons. The Morgan fingerprint density at radius 1 is 1.25 bits per heavy atom. The van der Waals surface area contributed by atoms with E-state index in [0.717, 1.165) is 32.4 Å². The maximum Gasteiger partial charge on any atom is 0.0624 e. The highest BCUT2D eigenvalue weighted by atomic mass is 15.3. The molecule has 0 aliphatic heterocycles. The number of nitrogens with one attached hydrogen (secondary N) is 1. The van der Waals surface area contributed by atoms with Crippen LogP contribution < -0.4 is 5.32 Å². The van der Waals surface area contributed by atoms with Crippen LogP contribution in [0.2, 0.25) is 0 Å². The van der Waals surface area contributed by atoms with E-state index in [0.29, 0.717) is 6.04 Å². The second-order valence-electron chi connectivity index (χ2n) is 4.18. The fourth-order valence-electron chi connectivity index (χ4n) is 1.97. The highest BCUT2D eigenvalue weighted by Gasteiger charge is 2.10. The molecule has 1 aromatic rings. The smallest absolute Gasteiger partial charge is 0.0624 e. The minimum absolute atomic E-state index is 0.542. The normalized spacial score (nSPS) is 13.0. The molecule has 3 heteroatoms. The molecule has 0 radical (unpaired) electrons. The zero-order valence-electron chi connectivity index (χ0n) is 11.1. The Morgan fingerprint density at radius 2 is 2.00 bits per heavy atom. The lowest BCUT2D eigenvalue weighted by Gasteiger charge is -2.17. The largest absolute Gasteiger partial charge is 0.312 e. The second-order valence-corrected chi connectivity index (χ2v) is 4.18. The van der Waals surface area contributed by atoms with Gasteiger partial charge in [0.2, 0.25) is 0 Å². The zero-order chi connectivity index (χ0) is 12.0. The fourth-order valence-corrected chi connectivity index (χ4v) is 1.97. The minimum atomic E-state index is 0.542. The summed E-state index contributed by atoms with van der Waals surface area (Å²) in [5.74, 6) is 0. The van der Waals surface area contributed by atoms with E-state index in [9.17, 15) is 0 Å². The summed E-state index contributed by atoms with van der Waals surface area (Å²) in [6.45, 7) is 10.8. The molecule has 0 saturated heterocycles. The summed E-state index contributed by atoms with van der Waals surface area (Å²) in [5, 5.41) is 8.14. The Kier molecular flexibility index (Phi) is 5.53. The fraction of sp³-hybridized carbons (Fsp3) is 0.769. The van der Waals surface area contributed by atoms with Crippen LogP contribution in [0.4, 0.5) is 0 Å². The van der Waals surface area contributed by atoms with Crippen LogP contribution in [-0.4, -0.2) is 22.4 Å². The molecule has 0 fully saturated rings. The van der Waals surface area contributed by atoms with Crippen molar-refractivity contribution < 1.29 is 0 Å². The molecular formula is C13H25N3. The van der Waals surface area contributed by atoms with Gasteiger partial charge >= 0.3 is 0 Å². The lowest BCUT2D eigenvalue weighted by atomic mass is 10.2. The van der Waals surface area contributed by atoms with Crippen LogP contribution in [0.3, 0.4) is 0 Å². The second kappa shape index (κ2) is 6.69. The highest BCUT2D eigenvalue weighted by Crippen LogP contribution is 2.08. The number of rotatable bonds is 7. The van der Waals surface area contributed by atoms with E-state index < -0.39 is 0 Å². The molecule has 1 heterocycles. The molecule has 1 aromatic heterocycles. The number of likely N-dealkylation sites (N-methyl/N-ethyl adjacent to an activating group) is 1. The van der Waals surface area contributed by atoms with Crippen molar-refractivity contribution in [2.75, 3.05) is 6.54 Å². The molecule has 1 unspecified atom stereocenters. The van der Waals surface area contributed by atoms with Crippen molar-refractivity contribution in [3.63, 3.8) is 0 Å². The predicted octanol–water partition coefficient (Wildman–Crippen LogP) is 2.40. The lowest BCUT2D eigenvalue weighted by molar-refractivity contribution is 0.415. The van der Waals surface area contributed by atoms with E-state index in [2.05, 4.69) is 48.9 Å². The number of nitrogens with zero attached hydrogens (tertiary/aromatic N) is 2. The van der Waals surface area contributed by atoms with E-state index in [1.54, 1.807) is 0 Å². The molecule has 3 nitrogen and oxygen atoms in total. The van der Waals surface area contributed by atoms with Crippen molar-refractivity contribution in [3.05, 3.63) is 17.5 Å². The average molecular weight is 223 g/mol. The maximum atomic E-state index is 4.65. The Hall–Kier alpha value is -0.830. The summed E-state index contributed by atoms with van der Waals surface area (Å²) < 4.78 is 2.18. The Balaban J connectivity index is 2.73. The third-order valence-corrected chi connectivity index (χ3v) is 3.02. The number of aromatic nitrogens is 2. The van der Waals surface area contributed by atoms with Gasteiger partial charge in [-0.15, -0.1) is 0 Å². The average Bonchev–Trinajstić information content (AvgIpc) is 2.70. The van der Waals surface area contributed by atoms with Crippen LogP contribution in [0.1, 0.15) is 45.5 Å². The molecule has 0 saturated carbocycles. The molecule has 0 aliphatic carbocycles. The van der Waals surface area contributed by atoms with Crippen LogP contribution in [-0.2, 0) is 19.4 Å². The Bertz CT molecular complexity index is 304. The summed E-state index contributed by atoms with van der Waals surface area (Å²) in [6.07, 6.45) is 3.24. The maximum absolute atomic E-state index is 4.65. The number of hydrogen-bond donors (Lipinski definition) is 1. The summed E-state index contributed by atoms with van der Waals surface area (Å²) in [5.41, 5.74) is 2.57. The van der Waals surface area contributed by atoms with Crippen molar-refractivity contribution in [1.29, 1.82) is 0 Å². The molecule has 16 heavy (non-hydrogen) atoms. The van der Waals surface area contributed by atoms with Gasteiger partial charge in [0, 0.05) is 11.7 Å². The first kappa shape index (κ1) is 13.2. The van der Waals surface area contributed by atoms with E-state index in [1.165, 1.54) is 11.4 Å². The van der Waals surface area contributed by atoms with Gasteiger partial charge in [0.15, 0.2) is 0 Å². The minimum Gasteiger partial charge on any atom is -0.312 e. The van der Waals surface area contributed by atoms with Crippen LogP contribution >= 0.6 is 0 Å². The predicted molar refractivity (Wildman–Crippen MR) is 68.7 cm³/mol. The monoisotopic (exact) mass is 223 g/mol. The Labute approximate surface area is 99.2 Å². The summed E-state index contributed by atoms with van der Waals surface area (Å²) in [4.78, 5) is 0. The van der Waals surface area contributed by atoms with E-state index >= 15 is 0 Å². The van der Waals surface area contributed by atoms with Gasteiger partial charge in [0.25, 0.3) is 0 Å². The quantitative estimate of drug-likeness (QED) is 0.769. The molecular weight excluding hydrogens is 198 g/mol. The zero-order valence-corrected chi connectivity index (χ0v) is 11.1. The molecule has 0 bridgehead atoms. The molecule has 1 N–H and O–H groups in total. The van der Waals surface area contributed by atoms with Gasteiger partial charge in [-0.05, 0) is 31.9 Å². The standard InChI is InChI=1S/C13H25N3/c1-5-11-9-13(7-3)16(15-11)10-12(6-2)14-8-4/h9,12,14H,5-8,10H2,1-4H3. The summed E-state index contributed by atoms with van der Waals surface area (Å²) in [7, 11) is 0. The lowest BCUT2D eigenvalue weighted by Crippen LogP contribution is -2.33. The van der Waals surface area contributed by atoms with Crippen LogP contribution in [0.15, 0.2) is 6.07 Å². The van der Waals surface area contributed by atoms with Crippen molar-refractivity contribution >= 4 is 0 Å². The van der Waals surface area contributed by atoms with Gasteiger partial charge in [0.1, 0.15) is 0 Å². The van der Waals surface area contributed by atoms with Crippen LogP contribution in [0.25, 0.3) is 0 Å². The highest BCUT2D eigenvalue weighted by molar-refractivity contribution is 5.10. The van der Waals surface area contributed by atoms with Crippen molar-refractivity contribution in [2.45, 2.75) is 59.5 Å². The molecule has 0 spiro atoms. The van der Waals surface area contributed by atoms with Crippen molar-refractivity contribution in [3.8, 4) is 0 Å².